The van der Waals surface area contributed by atoms with Crippen LogP contribution in [-0.2, 0) is 28.5 Å². The Bertz CT molecular complexity index is 1350. The molecule has 0 spiro atoms. The Morgan fingerprint density at radius 2 is 1.27 bits per heavy atom. The molecule has 0 saturated carbocycles. The summed E-state index contributed by atoms with van der Waals surface area (Å²) in [4.78, 5) is 31.3. The second kappa shape index (κ2) is 18.6. The molecule has 2 aliphatic rings. The summed E-state index contributed by atoms with van der Waals surface area (Å²) >= 11 is 0. The summed E-state index contributed by atoms with van der Waals surface area (Å²) < 4.78 is 31.5. The molecule has 0 bridgehead atoms. The molecule has 4 rings (SSSR count). The van der Waals surface area contributed by atoms with Gasteiger partial charge in [0, 0.05) is 26.3 Å². The number of aliphatic hydroxyl groups excluding tert-OH is 4. The minimum absolute atomic E-state index is 0.0538. The summed E-state index contributed by atoms with van der Waals surface area (Å²) in [6.07, 6.45) is -3.04. The summed E-state index contributed by atoms with van der Waals surface area (Å²) in [5.41, 5.74) is 1.65. The Balaban J connectivity index is 0.000000269. The van der Waals surface area contributed by atoms with Gasteiger partial charge in [0.05, 0.1) is 26.9 Å². The van der Waals surface area contributed by atoms with Crippen molar-refractivity contribution in [3.63, 3.8) is 0 Å². The van der Waals surface area contributed by atoms with Crippen molar-refractivity contribution < 1.29 is 58.4 Å². The van der Waals surface area contributed by atoms with Gasteiger partial charge >= 0.3 is 11.9 Å². The fraction of sp³-hybridized carbons (Fsp3) is 0.529. The lowest BCUT2D eigenvalue weighted by molar-refractivity contribution is -0.248. The number of ether oxygens (including phenoxy) is 6. The van der Waals surface area contributed by atoms with Crippen molar-refractivity contribution in [1.29, 1.82) is 0 Å². The number of methoxy groups -OCH3 is 2. The van der Waals surface area contributed by atoms with Crippen molar-refractivity contribution in [1.82, 2.24) is 0 Å². The SMILES string of the molecule is COc1ccc(C=NC2C(O)OC(CO)C(O)C2O)cc1.COc1ccc(C=NC2C(OC(C)=O)OC(COC(C)=O)C(C)C2C)cc1. The predicted octanol–water partition coefficient (Wildman–Crippen LogP) is 1.52. The third-order valence-corrected chi connectivity index (χ3v) is 8.17. The zero-order valence-electron chi connectivity index (χ0n) is 27.9. The second-order valence-electron chi connectivity index (χ2n) is 11.5. The average molecular weight is 675 g/mol. The molecule has 14 heteroatoms. The second-order valence-corrected chi connectivity index (χ2v) is 11.5. The van der Waals surface area contributed by atoms with E-state index in [0.717, 1.165) is 16.9 Å². The van der Waals surface area contributed by atoms with Crippen LogP contribution in [0.15, 0.2) is 58.5 Å². The Kier molecular flexibility index (Phi) is 14.9. The van der Waals surface area contributed by atoms with E-state index in [0.29, 0.717) is 5.75 Å². The van der Waals surface area contributed by atoms with Gasteiger partial charge in [-0.25, -0.2) is 0 Å². The lowest BCUT2D eigenvalue weighted by atomic mass is 9.82. The van der Waals surface area contributed by atoms with E-state index in [1.165, 1.54) is 20.1 Å². The normalized spacial score (nSPS) is 30.3. The quantitative estimate of drug-likeness (QED) is 0.210. The Labute approximate surface area is 279 Å². The summed E-state index contributed by atoms with van der Waals surface area (Å²) in [5.74, 6) is 0.766. The molecule has 2 aliphatic heterocycles. The minimum atomic E-state index is -1.39. The molecule has 14 nitrogen and oxygen atoms in total. The number of carbonyl (C=O) groups is 2. The monoisotopic (exact) mass is 674 g/mol. The van der Waals surface area contributed by atoms with E-state index in [4.69, 9.17) is 33.5 Å². The highest BCUT2D eigenvalue weighted by atomic mass is 16.7. The van der Waals surface area contributed by atoms with E-state index < -0.39 is 49.5 Å². The highest BCUT2D eigenvalue weighted by molar-refractivity contribution is 5.80. The highest BCUT2D eigenvalue weighted by Crippen LogP contribution is 2.34. The third kappa shape index (κ3) is 10.8. The van der Waals surface area contributed by atoms with Gasteiger partial charge in [0.15, 0.2) is 6.29 Å². The van der Waals surface area contributed by atoms with E-state index in [-0.39, 0.29) is 36.6 Å². The number of esters is 2. The van der Waals surface area contributed by atoms with Crippen molar-refractivity contribution in [2.24, 2.45) is 21.8 Å². The molecule has 2 aromatic rings. The molecule has 2 aromatic carbocycles. The summed E-state index contributed by atoms with van der Waals surface area (Å²) in [7, 11) is 3.18. The zero-order valence-corrected chi connectivity index (χ0v) is 27.9. The maximum atomic E-state index is 11.5. The maximum absolute atomic E-state index is 11.5. The summed E-state index contributed by atoms with van der Waals surface area (Å²) in [6.45, 7) is 6.34. The molecule has 0 radical (unpaired) electrons. The van der Waals surface area contributed by atoms with Gasteiger partial charge in [-0.05, 0) is 71.5 Å². The van der Waals surface area contributed by atoms with Gasteiger partial charge in [0.25, 0.3) is 0 Å². The van der Waals surface area contributed by atoms with Crippen LogP contribution in [0.3, 0.4) is 0 Å². The van der Waals surface area contributed by atoms with Gasteiger partial charge in [-0.2, -0.15) is 0 Å². The molecule has 48 heavy (non-hydrogen) atoms. The number of nitrogens with zero attached hydrogens (tertiary/aromatic N) is 2. The first-order valence-electron chi connectivity index (χ1n) is 15.5. The lowest BCUT2D eigenvalue weighted by Crippen LogP contribution is -2.57. The van der Waals surface area contributed by atoms with Crippen molar-refractivity contribution >= 4 is 24.4 Å². The molecule has 264 valence electrons. The minimum Gasteiger partial charge on any atom is -0.497 e. The number of benzene rings is 2. The van der Waals surface area contributed by atoms with Crippen LogP contribution in [-0.4, -0.2) is 121 Å². The van der Waals surface area contributed by atoms with Crippen LogP contribution in [0.1, 0.15) is 38.8 Å². The lowest BCUT2D eigenvalue weighted by Gasteiger charge is -2.42. The van der Waals surface area contributed by atoms with Gasteiger partial charge in [0.2, 0.25) is 6.29 Å². The molecule has 2 heterocycles. The van der Waals surface area contributed by atoms with Gasteiger partial charge in [-0.3, -0.25) is 19.6 Å². The van der Waals surface area contributed by atoms with Crippen LogP contribution in [0.5, 0.6) is 11.5 Å². The molecular weight excluding hydrogens is 628 g/mol. The van der Waals surface area contributed by atoms with E-state index in [1.807, 2.05) is 38.1 Å². The van der Waals surface area contributed by atoms with Crippen LogP contribution in [0.4, 0.5) is 0 Å². The number of rotatable bonds is 10. The average Bonchev–Trinajstić information content (AvgIpc) is 3.07. The van der Waals surface area contributed by atoms with Crippen molar-refractivity contribution in [3.05, 3.63) is 59.7 Å². The summed E-state index contributed by atoms with van der Waals surface area (Å²) in [5, 5.41) is 38.5. The highest BCUT2D eigenvalue weighted by Gasteiger charge is 2.44. The Morgan fingerprint density at radius 1 is 0.750 bits per heavy atom. The van der Waals surface area contributed by atoms with Crippen LogP contribution < -0.4 is 9.47 Å². The van der Waals surface area contributed by atoms with E-state index in [9.17, 15) is 24.9 Å². The molecule has 2 fully saturated rings. The number of hydrogen-bond acceptors (Lipinski definition) is 14. The molecule has 2 saturated heterocycles. The fourth-order valence-electron chi connectivity index (χ4n) is 5.10. The first kappa shape index (κ1) is 38.5. The predicted molar refractivity (Wildman–Crippen MR) is 174 cm³/mol. The molecule has 10 unspecified atom stereocenters. The molecular formula is C34H46N2O12. The molecule has 0 amide bonds. The van der Waals surface area contributed by atoms with Gasteiger partial charge < -0.3 is 48.8 Å². The molecule has 10 atom stereocenters. The van der Waals surface area contributed by atoms with E-state index in [2.05, 4.69) is 9.98 Å². The summed E-state index contributed by atoms with van der Waals surface area (Å²) in [6, 6.07) is 13.1. The van der Waals surface area contributed by atoms with Crippen molar-refractivity contribution in [2.45, 2.75) is 76.8 Å². The third-order valence-electron chi connectivity index (χ3n) is 8.17. The molecule has 4 N–H and O–H groups in total. The van der Waals surface area contributed by atoms with Gasteiger partial charge in [0.1, 0.15) is 48.5 Å². The fourth-order valence-corrected chi connectivity index (χ4v) is 5.10. The van der Waals surface area contributed by atoms with Crippen LogP contribution in [0, 0.1) is 11.8 Å². The standard InChI is InChI=1S/C20H27NO6.C14H19NO6/c1-12-13(2)19(21-10-16-6-8-17(24-5)9-7-16)20(26-15(4)23)27-18(12)11-25-14(3)22;1-20-9-4-2-8(3-5-9)6-15-11-13(18)12(17)10(7-16)21-14(11)19/h6-10,12-13,18-20H,11H2,1-5H3;2-6,10-14,16-19H,7H2,1H3. The van der Waals surface area contributed by atoms with Gasteiger partial charge in [-0.15, -0.1) is 0 Å². The number of aliphatic hydroxyl groups is 4. The van der Waals surface area contributed by atoms with E-state index in [1.54, 1.807) is 44.7 Å². The maximum Gasteiger partial charge on any atom is 0.305 e. The number of hydrogen-bond donors (Lipinski definition) is 4. The topological polar surface area (TPSA) is 195 Å². The van der Waals surface area contributed by atoms with Crippen LogP contribution >= 0.6 is 0 Å². The van der Waals surface area contributed by atoms with Crippen LogP contribution in [0.25, 0.3) is 0 Å². The Morgan fingerprint density at radius 3 is 1.73 bits per heavy atom. The smallest absolute Gasteiger partial charge is 0.305 e. The Hall–Kier alpha value is -3.92. The number of aliphatic imine (C=N–C) groups is 2. The zero-order chi connectivity index (χ0) is 35.4. The molecule has 0 aromatic heterocycles. The first-order valence-corrected chi connectivity index (χ1v) is 15.5. The van der Waals surface area contributed by atoms with Crippen molar-refractivity contribution in [2.75, 3.05) is 27.4 Å². The number of carbonyl (C=O) groups excluding carboxylic acids is 2. The van der Waals surface area contributed by atoms with Gasteiger partial charge in [-0.1, -0.05) is 13.8 Å². The van der Waals surface area contributed by atoms with Crippen LogP contribution in [0.2, 0.25) is 0 Å². The van der Waals surface area contributed by atoms with E-state index >= 15 is 0 Å². The first-order chi connectivity index (χ1) is 22.9. The largest absolute Gasteiger partial charge is 0.497 e. The van der Waals surface area contributed by atoms with Crippen molar-refractivity contribution in [3.8, 4) is 11.5 Å². The molecule has 0 aliphatic carbocycles.